The maximum atomic E-state index is 10.2. The molecule has 1 fully saturated rings. The number of aliphatic hydroxyl groups is 2. The Balaban J connectivity index is 1.89. The van der Waals surface area contributed by atoms with Gasteiger partial charge in [-0.2, -0.15) is 0 Å². The van der Waals surface area contributed by atoms with Crippen LogP contribution in [-0.4, -0.2) is 41.4 Å². The average Bonchev–Trinajstić information content (AvgIpc) is 2.40. The number of halogens is 1. The SMILES string of the molecule is OCC1CCN(CC(O)c2ccccc2Cl)CC1. The van der Waals surface area contributed by atoms with Crippen molar-refractivity contribution in [2.45, 2.75) is 18.9 Å². The number of nitrogens with zero attached hydrogens (tertiary/aromatic N) is 1. The lowest BCUT2D eigenvalue weighted by Gasteiger charge is -2.32. The molecule has 100 valence electrons. The number of β-amino-alcohol motifs (C(OH)–C–C–N with tert-alkyl or cyclic N) is 1. The molecule has 1 aliphatic rings. The number of hydrogen-bond acceptors (Lipinski definition) is 3. The summed E-state index contributed by atoms with van der Waals surface area (Å²) in [5.74, 6) is 0.429. The van der Waals surface area contributed by atoms with E-state index in [4.69, 9.17) is 16.7 Å². The Labute approximate surface area is 113 Å². The zero-order valence-corrected chi connectivity index (χ0v) is 11.2. The molecule has 1 aromatic rings. The Kier molecular flexibility index (Phi) is 5.01. The minimum absolute atomic E-state index is 0.279. The van der Waals surface area contributed by atoms with Crippen molar-refractivity contribution in [2.75, 3.05) is 26.2 Å². The molecule has 1 heterocycles. The van der Waals surface area contributed by atoms with Crippen LogP contribution in [0.15, 0.2) is 24.3 Å². The van der Waals surface area contributed by atoms with Crippen molar-refractivity contribution >= 4 is 11.6 Å². The van der Waals surface area contributed by atoms with Crippen molar-refractivity contribution in [2.24, 2.45) is 5.92 Å². The van der Waals surface area contributed by atoms with Crippen molar-refractivity contribution in [1.29, 1.82) is 0 Å². The lowest BCUT2D eigenvalue weighted by molar-refractivity contribution is 0.0764. The first-order valence-corrected chi connectivity index (χ1v) is 6.84. The van der Waals surface area contributed by atoms with Crippen LogP contribution in [0.1, 0.15) is 24.5 Å². The van der Waals surface area contributed by atoms with Crippen molar-refractivity contribution in [3.8, 4) is 0 Å². The fourth-order valence-corrected chi connectivity index (χ4v) is 2.70. The summed E-state index contributed by atoms with van der Waals surface area (Å²) in [5, 5.41) is 19.9. The molecule has 0 amide bonds. The summed E-state index contributed by atoms with van der Waals surface area (Å²) in [5.41, 5.74) is 0.795. The monoisotopic (exact) mass is 269 g/mol. The molecule has 18 heavy (non-hydrogen) atoms. The molecule has 1 aromatic carbocycles. The molecule has 4 heteroatoms. The van der Waals surface area contributed by atoms with Gasteiger partial charge in [-0.15, -0.1) is 0 Å². The van der Waals surface area contributed by atoms with Crippen molar-refractivity contribution in [3.05, 3.63) is 34.9 Å². The number of likely N-dealkylation sites (tertiary alicyclic amines) is 1. The van der Waals surface area contributed by atoms with Crippen LogP contribution in [0.3, 0.4) is 0 Å². The Hall–Kier alpha value is -0.610. The van der Waals surface area contributed by atoms with Gasteiger partial charge in [-0.05, 0) is 37.9 Å². The van der Waals surface area contributed by atoms with E-state index in [0.29, 0.717) is 17.5 Å². The molecule has 0 radical (unpaired) electrons. The largest absolute Gasteiger partial charge is 0.396 e. The molecule has 0 saturated carbocycles. The molecule has 1 atom stereocenters. The van der Waals surface area contributed by atoms with E-state index in [2.05, 4.69) is 4.90 Å². The van der Waals surface area contributed by atoms with E-state index in [1.807, 2.05) is 18.2 Å². The van der Waals surface area contributed by atoms with E-state index in [-0.39, 0.29) is 6.61 Å². The van der Waals surface area contributed by atoms with Gasteiger partial charge in [0.1, 0.15) is 0 Å². The van der Waals surface area contributed by atoms with Gasteiger partial charge in [0.2, 0.25) is 0 Å². The zero-order valence-electron chi connectivity index (χ0n) is 10.4. The Morgan fingerprint density at radius 2 is 1.94 bits per heavy atom. The van der Waals surface area contributed by atoms with E-state index in [1.54, 1.807) is 6.07 Å². The first kappa shape index (κ1) is 13.8. The predicted molar refractivity (Wildman–Crippen MR) is 72.7 cm³/mol. The smallest absolute Gasteiger partial charge is 0.0931 e. The highest BCUT2D eigenvalue weighted by atomic mass is 35.5. The van der Waals surface area contributed by atoms with E-state index < -0.39 is 6.10 Å². The Bertz CT molecular complexity index is 378. The quantitative estimate of drug-likeness (QED) is 0.880. The number of rotatable bonds is 4. The molecular weight excluding hydrogens is 250 g/mol. The molecule has 1 saturated heterocycles. The number of benzene rings is 1. The van der Waals surface area contributed by atoms with Gasteiger partial charge >= 0.3 is 0 Å². The fourth-order valence-electron chi connectivity index (χ4n) is 2.44. The fraction of sp³-hybridized carbons (Fsp3) is 0.571. The third-order valence-corrected chi connectivity index (χ3v) is 4.00. The molecule has 2 N–H and O–H groups in total. The van der Waals surface area contributed by atoms with Gasteiger partial charge in [0.05, 0.1) is 6.10 Å². The van der Waals surface area contributed by atoms with Gasteiger partial charge in [0, 0.05) is 23.7 Å². The molecule has 0 spiro atoms. The van der Waals surface area contributed by atoms with Gasteiger partial charge in [-0.1, -0.05) is 29.8 Å². The summed E-state index contributed by atoms with van der Waals surface area (Å²) in [6.45, 7) is 2.77. The second-order valence-corrected chi connectivity index (χ2v) is 5.37. The summed E-state index contributed by atoms with van der Waals surface area (Å²) < 4.78 is 0. The molecule has 0 bridgehead atoms. The van der Waals surface area contributed by atoms with Gasteiger partial charge in [0.25, 0.3) is 0 Å². The molecule has 1 aliphatic heterocycles. The maximum absolute atomic E-state index is 10.2. The topological polar surface area (TPSA) is 43.7 Å². The van der Waals surface area contributed by atoms with Crippen LogP contribution in [0.25, 0.3) is 0 Å². The van der Waals surface area contributed by atoms with Crippen LogP contribution in [-0.2, 0) is 0 Å². The number of aliphatic hydroxyl groups excluding tert-OH is 2. The third kappa shape index (κ3) is 3.45. The normalized spacial score (nSPS) is 19.9. The summed E-state index contributed by atoms with van der Waals surface area (Å²) in [6, 6.07) is 7.43. The number of piperidine rings is 1. The highest BCUT2D eigenvalue weighted by Crippen LogP contribution is 2.25. The minimum atomic E-state index is -0.538. The van der Waals surface area contributed by atoms with Gasteiger partial charge in [0.15, 0.2) is 0 Å². The summed E-state index contributed by atoms with van der Waals surface area (Å²) in [6.07, 6.45) is 1.47. The third-order valence-electron chi connectivity index (χ3n) is 3.66. The molecule has 3 nitrogen and oxygen atoms in total. The first-order chi connectivity index (χ1) is 8.70. The van der Waals surface area contributed by atoms with Gasteiger partial charge < -0.3 is 15.1 Å². The second-order valence-electron chi connectivity index (χ2n) is 4.96. The van der Waals surface area contributed by atoms with Crippen molar-refractivity contribution < 1.29 is 10.2 Å². The van der Waals surface area contributed by atoms with Crippen LogP contribution >= 0.6 is 11.6 Å². The molecule has 0 aromatic heterocycles. The first-order valence-electron chi connectivity index (χ1n) is 6.46. The van der Waals surface area contributed by atoms with Crippen molar-refractivity contribution in [3.63, 3.8) is 0 Å². The van der Waals surface area contributed by atoms with E-state index >= 15 is 0 Å². The van der Waals surface area contributed by atoms with Crippen molar-refractivity contribution in [1.82, 2.24) is 4.90 Å². The number of hydrogen-bond donors (Lipinski definition) is 2. The molecule has 0 aliphatic carbocycles. The molecule has 1 unspecified atom stereocenters. The lowest BCUT2D eigenvalue weighted by atomic mass is 9.97. The Morgan fingerprint density at radius 3 is 2.56 bits per heavy atom. The summed E-state index contributed by atoms with van der Waals surface area (Å²) in [4.78, 5) is 2.24. The summed E-state index contributed by atoms with van der Waals surface area (Å²) in [7, 11) is 0. The van der Waals surface area contributed by atoms with E-state index in [1.165, 1.54) is 0 Å². The predicted octanol–water partition coefficient (Wildman–Crippen LogP) is 2.08. The van der Waals surface area contributed by atoms with Crippen LogP contribution in [0.5, 0.6) is 0 Å². The second kappa shape index (κ2) is 6.53. The minimum Gasteiger partial charge on any atom is -0.396 e. The van der Waals surface area contributed by atoms with Crippen LogP contribution in [0.4, 0.5) is 0 Å². The summed E-state index contributed by atoms with van der Waals surface area (Å²) >= 11 is 6.07. The van der Waals surface area contributed by atoms with Crippen LogP contribution in [0, 0.1) is 5.92 Å². The lowest BCUT2D eigenvalue weighted by Crippen LogP contribution is -2.37. The highest BCUT2D eigenvalue weighted by Gasteiger charge is 2.21. The molecular formula is C14H20ClNO2. The van der Waals surface area contributed by atoms with Crippen LogP contribution in [0.2, 0.25) is 5.02 Å². The van der Waals surface area contributed by atoms with Gasteiger partial charge in [-0.3, -0.25) is 0 Å². The van der Waals surface area contributed by atoms with Gasteiger partial charge in [-0.25, -0.2) is 0 Å². The molecule has 2 rings (SSSR count). The highest BCUT2D eigenvalue weighted by molar-refractivity contribution is 6.31. The standard InChI is InChI=1S/C14H20ClNO2/c15-13-4-2-1-3-12(13)14(18)9-16-7-5-11(10-17)6-8-16/h1-4,11,14,17-18H,5-10H2. The van der Waals surface area contributed by atoms with Crippen LogP contribution < -0.4 is 0 Å². The maximum Gasteiger partial charge on any atom is 0.0931 e. The Morgan fingerprint density at radius 1 is 1.28 bits per heavy atom. The average molecular weight is 270 g/mol. The van der Waals surface area contributed by atoms with E-state index in [9.17, 15) is 5.11 Å². The zero-order chi connectivity index (χ0) is 13.0. The van der Waals surface area contributed by atoms with E-state index in [0.717, 1.165) is 31.5 Å².